The number of aliphatic carboxylic acids is 1. The van der Waals surface area contributed by atoms with E-state index in [2.05, 4.69) is 10.2 Å². The molecule has 2 rings (SSSR count). The molecule has 0 saturated carbocycles. The summed E-state index contributed by atoms with van der Waals surface area (Å²) in [6.07, 6.45) is 1.48. The molecule has 0 atom stereocenters. The molecule has 2 aromatic rings. The van der Waals surface area contributed by atoms with Gasteiger partial charge in [0.05, 0.1) is 5.69 Å². The van der Waals surface area contributed by atoms with Gasteiger partial charge in [-0.15, -0.1) is 5.11 Å². The Morgan fingerprint density at radius 1 is 0.947 bits per heavy atom. The third kappa shape index (κ3) is 3.89. The van der Waals surface area contributed by atoms with Crippen LogP contribution in [0.1, 0.15) is 5.56 Å². The predicted octanol–water partition coefficient (Wildman–Crippen LogP) is 3.90. The van der Waals surface area contributed by atoms with Crippen LogP contribution in [0.15, 0.2) is 76.6 Å². The molecule has 4 heteroatoms. The number of hydrogen-bond acceptors (Lipinski definition) is 3. The van der Waals surface area contributed by atoms with Crippen molar-refractivity contribution >= 4 is 17.7 Å². The molecular weight excluding hydrogens is 240 g/mol. The van der Waals surface area contributed by atoms with Gasteiger partial charge in [0.25, 0.3) is 0 Å². The van der Waals surface area contributed by atoms with E-state index in [1.165, 1.54) is 6.08 Å². The van der Waals surface area contributed by atoms with Crippen molar-refractivity contribution < 1.29 is 9.90 Å². The van der Waals surface area contributed by atoms with Gasteiger partial charge < -0.3 is 5.11 Å². The van der Waals surface area contributed by atoms with Gasteiger partial charge in [0.15, 0.2) is 5.70 Å². The fourth-order valence-corrected chi connectivity index (χ4v) is 1.45. The fourth-order valence-electron chi connectivity index (χ4n) is 1.45. The molecule has 0 aliphatic heterocycles. The SMILES string of the molecule is O=C(O)C(=C\c1ccccc1)/N=N/c1ccccc1. The molecule has 2 aromatic carbocycles. The van der Waals surface area contributed by atoms with E-state index in [0.717, 1.165) is 5.56 Å². The molecule has 0 saturated heterocycles. The molecule has 0 aromatic heterocycles. The van der Waals surface area contributed by atoms with Crippen LogP contribution in [0.3, 0.4) is 0 Å². The average Bonchev–Trinajstić information content (AvgIpc) is 2.45. The van der Waals surface area contributed by atoms with Crippen molar-refractivity contribution in [1.29, 1.82) is 0 Å². The smallest absolute Gasteiger partial charge is 0.356 e. The van der Waals surface area contributed by atoms with Crippen LogP contribution >= 0.6 is 0 Å². The second-order valence-electron chi connectivity index (χ2n) is 3.78. The van der Waals surface area contributed by atoms with Gasteiger partial charge in [0, 0.05) is 0 Å². The highest BCUT2D eigenvalue weighted by molar-refractivity contribution is 5.91. The van der Waals surface area contributed by atoms with Crippen molar-refractivity contribution in [1.82, 2.24) is 0 Å². The molecule has 0 radical (unpaired) electrons. The Hall–Kier alpha value is -2.75. The van der Waals surface area contributed by atoms with Gasteiger partial charge in [0.2, 0.25) is 0 Å². The van der Waals surface area contributed by atoms with Crippen LogP contribution in [0.25, 0.3) is 6.08 Å². The molecule has 0 heterocycles. The molecule has 0 aliphatic rings. The topological polar surface area (TPSA) is 62.0 Å². The van der Waals surface area contributed by atoms with Crippen molar-refractivity contribution in [3.8, 4) is 0 Å². The van der Waals surface area contributed by atoms with Crippen LogP contribution in [0.4, 0.5) is 5.69 Å². The van der Waals surface area contributed by atoms with E-state index in [1.807, 2.05) is 36.4 Å². The van der Waals surface area contributed by atoms with Gasteiger partial charge in [-0.1, -0.05) is 48.5 Å². The second-order valence-corrected chi connectivity index (χ2v) is 3.78. The van der Waals surface area contributed by atoms with Crippen molar-refractivity contribution in [3.05, 3.63) is 71.9 Å². The second kappa shape index (κ2) is 6.26. The summed E-state index contributed by atoms with van der Waals surface area (Å²) in [5, 5.41) is 16.8. The Kier molecular flexibility index (Phi) is 4.18. The predicted molar refractivity (Wildman–Crippen MR) is 73.0 cm³/mol. The van der Waals surface area contributed by atoms with E-state index < -0.39 is 5.97 Å². The van der Waals surface area contributed by atoms with Crippen molar-refractivity contribution in [3.63, 3.8) is 0 Å². The molecule has 0 bridgehead atoms. The van der Waals surface area contributed by atoms with Crippen molar-refractivity contribution in [2.24, 2.45) is 10.2 Å². The van der Waals surface area contributed by atoms with Crippen LogP contribution in [-0.4, -0.2) is 11.1 Å². The molecule has 1 N–H and O–H groups in total. The number of carbonyl (C=O) groups is 1. The zero-order chi connectivity index (χ0) is 13.5. The number of nitrogens with zero attached hydrogens (tertiary/aromatic N) is 2. The quantitative estimate of drug-likeness (QED) is 0.662. The Balaban J connectivity index is 2.25. The number of hydrogen-bond donors (Lipinski definition) is 1. The molecule has 0 unspecified atom stereocenters. The monoisotopic (exact) mass is 252 g/mol. The molecular formula is C15H12N2O2. The highest BCUT2D eigenvalue weighted by atomic mass is 16.4. The van der Waals surface area contributed by atoms with Crippen LogP contribution in [0.5, 0.6) is 0 Å². The Morgan fingerprint density at radius 3 is 2.11 bits per heavy atom. The van der Waals surface area contributed by atoms with E-state index in [9.17, 15) is 4.79 Å². The first-order chi connectivity index (χ1) is 9.25. The van der Waals surface area contributed by atoms with Gasteiger partial charge in [0.1, 0.15) is 0 Å². The van der Waals surface area contributed by atoms with Gasteiger partial charge in [-0.3, -0.25) is 0 Å². The molecule has 0 amide bonds. The van der Waals surface area contributed by atoms with Gasteiger partial charge in [-0.25, -0.2) is 4.79 Å². The van der Waals surface area contributed by atoms with Crippen LogP contribution < -0.4 is 0 Å². The normalized spacial score (nSPS) is 11.7. The first-order valence-electron chi connectivity index (χ1n) is 5.72. The maximum Gasteiger partial charge on any atom is 0.356 e. The minimum absolute atomic E-state index is 0.102. The van der Waals surface area contributed by atoms with Crippen LogP contribution in [0.2, 0.25) is 0 Å². The summed E-state index contributed by atoms with van der Waals surface area (Å²) >= 11 is 0. The van der Waals surface area contributed by atoms with Crippen LogP contribution in [0, 0.1) is 0 Å². The van der Waals surface area contributed by atoms with E-state index in [1.54, 1.807) is 24.3 Å². The largest absolute Gasteiger partial charge is 0.476 e. The third-order valence-corrected chi connectivity index (χ3v) is 2.35. The third-order valence-electron chi connectivity index (χ3n) is 2.35. The standard InChI is InChI=1S/C15H12N2O2/c18-15(19)14(11-12-7-3-1-4-8-12)17-16-13-9-5-2-6-10-13/h1-11H,(H,18,19)/b14-11+,17-16+. The summed E-state index contributed by atoms with van der Waals surface area (Å²) in [7, 11) is 0. The Morgan fingerprint density at radius 2 is 1.53 bits per heavy atom. The van der Waals surface area contributed by atoms with E-state index >= 15 is 0 Å². The molecule has 0 fully saturated rings. The average molecular weight is 252 g/mol. The Labute approximate surface area is 110 Å². The van der Waals surface area contributed by atoms with Gasteiger partial charge in [-0.05, 0) is 23.8 Å². The van der Waals surface area contributed by atoms with Crippen molar-refractivity contribution in [2.75, 3.05) is 0 Å². The minimum atomic E-state index is -1.11. The zero-order valence-electron chi connectivity index (χ0n) is 10.1. The summed E-state index contributed by atoms with van der Waals surface area (Å²) in [5.41, 5.74) is 1.28. The number of carboxylic acids is 1. The lowest BCUT2D eigenvalue weighted by Crippen LogP contribution is -1.96. The molecule has 94 valence electrons. The fraction of sp³-hybridized carbons (Fsp3) is 0. The summed E-state index contributed by atoms with van der Waals surface area (Å²) < 4.78 is 0. The first kappa shape index (κ1) is 12.7. The lowest BCUT2D eigenvalue weighted by Gasteiger charge is -1.95. The lowest BCUT2D eigenvalue weighted by atomic mass is 10.2. The lowest BCUT2D eigenvalue weighted by molar-refractivity contribution is -0.132. The molecule has 4 nitrogen and oxygen atoms in total. The highest BCUT2D eigenvalue weighted by Gasteiger charge is 2.05. The van der Waals surface area contributed by atoms with Gasteiger partial charge >= 0.3 is 5.97 Å². The van der Waals surface area contributed by atoms with Crippen LogP contribution in [-0.2, 0) is 4.79 Å². The minimum Gasteiger partial charge on any atom is -0.476 e. The summed E-state index contributed by atoms with van der Waals surface area (Å²) in [5.74, 6) is -1.11. The summed E-state index contributed by atoms with van der Waals surface area (Å²) in [6.45, 7) is 0. The van der Waals surface area contributed by atoms with Crippen molar-refractivity contribution in [2.45, 2.75) is 0 Å². The van der Waals surface area contributed by atoms with E-state index in [-0.39, 0.29) is 5.70 Å². The van der Waals surface area contributed by atoms with Gasteiger partial charge in [-0.2, -0.15) is 5.11 Å². The molecule has 0 aliphatic carbocycles. The van der Waals surface area contributed by atoms with E-state index in [0.29, 0.717) is 5.69 Å². The molecule has 19 heavy (non-hydrogen) atoms. The first-order valence-corrected chi connectivity index (χ1v) is 5.72. The highest BCUT2D eigenvalue weighted by Crippen LogP contribution is 2.14. The number of carboxylic acid groups (broad SMARTS) is 1. The Bertz CT molecular complexity index is 605. The number of rotatable bonds is 4. The zero-order valence-corrected chi connectivity index (χ0v) is 10.1. The maximum atomic E-state index is 11.1. The maximum absolute atomic E-state index is 11.1. The van der Waals surface area contributed by atoms with E-state index in [4.69, 9.17) is 5.11 Å². The number of benzene rings is 2. The summed E-state index contributed by atoms with van der Waals surface area (Å²) in [4.78, 5) is 11.1. The molecule has 0 spiro atoms. The summed E-state index contributed by atoms with van der Waals surface area (Å²) in [6, 6.07) is 18.1. The number of azo groups is 1.